The van der Waals surface area contributed by atoms with Gasteiger partial charge in [0.05, 0.1) is 18.1 Å². The van der Waals surface area contributed by atoms with E-state index < -0.39 is 0 Å². The molecule has 3 unspecified atom stereocenters. The lowest BCUT2D eigenvalue weighted by Gasteiger charge is -2.52. The number of ether oxygens (including phenoxy) is 1. The van der Waals surface area contributed by atoms with Crippen LogP contribution in [0.4, 0.5) is 0 Å². The third-order valence-electron chi connectivity index (χ3n) is 3.91. The van der Waals surface area contributed by atoms with Crippen molar-refractivity contribution < 1.29 is 4.74 Å². The van der Waals surface area contributed by atoms with Crippen molar-refractivity contribution in [1.29, 1.82) is 0 Å². The van der Waals surface area contributed by atoms with Gasteiger partial charge in [0.15, 0.2) is 0 Å². The highest BCUT2D eigenvalue weighted by Gasteiger charge is 2.50. The maximum Gasteiger partial charge on any atom is 0.0951 e. The fourth-order valence-corrected chi connectivity index (χ4v) is 2.66. The van der Waals surface area contributed by atoms with Crippen molar-refractivity contribution in [2.75, 3.05) is 7.11 Å². The van der Waals surface area contributed by atoms with Crippen molar-refractivity contribution in [3.05, 3.63) is 18.2 Å². The first-order valence-electron chi connectivity index (χ1n) is 5.78. The molecule has 2 rings (SSSR count). The number of imidazole rings is 1. The zero-order valence-electron chi connectivity index (χ0n) is 10.5. The fraction of sp³-hybridized carbons (Fsp3) is 0.750. The summed E-state index contributed by atoms with van der Waals surface area (Å²) in [6.45, 7) is 6.47. The molecule has 1 aliphatic carbocycles. The van der Waals surface area contributed by atoms with Crippen LogP contribution in [-0.4, -0.2) is 22.8 Å². The number of aromatic nitrogens is 2. The van der Waals surface area contributed by atoms with Gasteiger partial charge in [-0.1, -0.05) is 13.8 Å². The van der Waals surface area contributed by atoms with Gasteiger partial charge < -0.3 is 15.0 Å². The van der Waals surface area contributed by atoms with Crippen LogP contribution < -0.4 is 5.73 Å². The van der Waals surface area contributed by atoms with E-state index in [4.69, 9.17) is 10.5 Å². The van der Waals surface area contributed by atoms with Crippen LogP contribution in [0.25, 0.3) is 0 Å². The van der Waals surface area contributed by atoms with Crippen LogP contribution in [0.1, 0.15) is 45.0 Å². The summed E-state index contributed by atoms with van der Waals surface area (Å²) in [5.41, 5.74) is 7.20. The molecule has 0 aromatic carbocycles. The molecule has 0 spiro atoms. The molecular formula is C12H21N3O. The largest absolute Gasteiger partial charge is 0.381 e. The van der Waals surface area contributed by atoms with E-state index in [1.165, 1.54) is 0 Å². The molecule has 1 aliphatic rings. The maximum absolute atomic E-state index is 5.94. The number of nitrogens with zero attached hydrogens (tertiary/aromatic N) is 2. The summed E-state index contributed by atoms with van der Waals surface area (Å²) in [6.07, 6.45) is 5.12. The Morgan fingerprint density at radius 2 is 2.31 bits per heavy atom. The van der Waals surface area contributed by atoms with Crippen LogP contribution >= 0.6 is 0 Å². The highest BCUT2D eigenvalue weighted by molar-refractivity contribution is 5.11. The van der Waals surface area contributed by atoms with Crippen LogP contribution in [0.15, 0.2) is 12.5 Å². The molecule has 0 radical (unpaired) electrons. The van der Waals surface area contributed by atoms with E-state index in [0.29, 0.717) is 12.1 Å². The van der Waals surface area contributed by atoms with Crippen molar-refractivity contribution in [3.63, 3.8) is 0 Å². The topological polar surface area (TPSA) is 53.1 Å². The number of methoxy groups -OCH3 is 1. The summed E-state index contributed by atoms with van der Waals surface area (Å²) in [4.78, 5) is 4.20. The van der Waals surface area contributed by atoms with Crippen LogP contribution in [0, 0.1) is 5.41 Å². The number of rotatable bonds is 3. The first-order valence-corrected chi connectivity index (χ1v) is 5.78. The number of hydrogen-bond acceptors (Lipinski definition) is 3. The van der Waals surface area contributed by atoms with Gasteiger partial charge >= 0.3 is 0 Å². The van der Waals surface area contributed by atoms with E-state index in [-0.39, 0.29) is 11.5 Å². The number of nitrogens with two attached hydrogens (primary N) is 1. The Morgan fingerprint density at radius 1 is 1.62 bits per heavy atom. The minimum atomic E-state index is 0.0277. The summed E-state index contributed by atoms with van der Waals surface area (Å²) >= 11 is 0. The third kappa shape index (κ3) is 1.57. The van der Waals surface area contributed by atoms with Crippen molar-refractivity contribution in [2.45, 2.75) is 45.4 Å². The lowest BCUT2D eigenvalue weighted by Crippen LogP contribution is -2.51. The Labute approximate surface area is 96.8 Å². The maximum atomic E-state index is 5.94. The Hall–Kier alpha value is -0.870. The van der Waals surface area contributed by atoms with Crippen molar-refractivity contribution >= 4 is 0 Å². The molecule has 2 N–H and O–H groups in total. The molecule has 4 heteroatoms. The molecule has 0 saturated heterocycles. The minimum absolute atomic E-state index is 0.0277. The molecule has 90 valence electrons. The molecule has 1 aromatic heterocycles. The van der Waals surface area contributed by atoms with E-state index in [1.807, 2.05) is 19.4 Å². The van der Waals surface area contributed by atoms with E-state index in [0.717, 1.165) is 12.1 Å². The molecule has 0 amide bonds. The lowest BCUT2D eigenvalue weighted by atomic mass is 9.64. The van der Waals surface area contributed by atoms with Crippen molar-refractivity contribution in [3.8, 4) is 0 Å². The molecule has 1 saturated carbocycles. The average Bonchev–Trinajstić information content (AvgIpc) is 2.65. The first-order chi connectivity index (χ1) is 7.48. The molecule has 1 fully saturated rings. The highest BCUT2D eigenvalue weighted by atomic mass is 16.5. The predicted molar refractivity (Wildman–Crippen MR) is 63.1 cm³/mol. The number of hydrogen-bond donors (Lipinski definition) is 1. The van der Waals surface area contributed by atoms with Gasteiger partial charge in [-0.05, 0) is 13.3 Å². The molecular weight excluding hydrogens is 202 g/mol. The van der Waals surface area contributed by atoms with Crippen LogP contribution in [-0.2, 0) is 4.74 Å². The zero-order chi connectivity index (χ0) is 11.9. The first kappa shape index (κ1) is 11.6. The molecule has 0 bridgehead atoms. The van der Waals surface area contributed by atoms with Gasteiger partial charge in [0.1, 0.15) is 0 Å². The van der Waals surface area contributed by atoms with Gasteiger partial charge in [-0.3, -0.25) is 0 Å². The van der Waals surface area contributed by atoms with Gasteiger partial charge in [-0.2, -0.15) is 0 Å². The summed E-state index contributed by atoms with van der Waals surface area (Å²) in [7, 11) is 1.78. The second-order valence-electron chi connectivity index (χ2n) is 5.31. The Morgan fingerprint density at radius 3 is 2.81 bits per heavy atom. The Bertz CT molecular complexity index is 370. The third-order valence-corrected chi connectivity index (χ3v) is 3.91. The van der Waals surface area contributed by atoms with Crippen LogP contribution in [0.2, 0.25) is 0 Å². The fourth-order valence-electron chi connectivity index (χ4n) is 2.66. The molecule has 3 atom stereocenters. The van der Waals surface area contributed by atoms with E-state index >= 15 is 0 Å². The highest BCUT2D eigenvalue weighted by Crippen LogP contribution is 2.51. The quantitative estimate of drug-likeness (QED) is 0.851. The Kier molecular flexibility index (Phi) is 2.80. The monoisotopic (exact) mass is 223 g/mol. The smallest absolute Gasteiger partial charge is 0.0951 e. The van der Waals surface area contributed by atoms with E-state index in [1.54, 1.807) is 7.11 Å². The normalized spacial score (nSPS) is 29.8. The average molecular weight is 223 g/mol. The zero-order valence-corrected chi connectivity index (χ0v) is 10.5. The van der Waals surface area contributed by atoms with Crippen LogP contribution in [0.3, 0.4) is 0 Å². The van der Waals surface area contributed by atoms with Gasteiger partial charge in [-0.25, -0.2) is 4.98 Å². The molecule has 16 heavy (non-hydrogen) atoms. The second-order valence-corrected chi connectivity index (χ2v) is 5.31. The lowest BCUT2D eigenvalue weighted by molar-refractivity contribution is -0.113. The minimum Gasteiger partial charge on any atom is -0.381 e. The van der Waals surface area contributed by atoms with Crippen LogP contribution in [0.5, 0.6) is 0 Å². The molecule has 0 aliphatic heterocycles. The summed E-state index contributed by atoms with van der Waals surface area (Å²) in [6, 6.07) is 0.473. The van der Waals surface area contributed by atoms with Gasteiger partial charge in [0, 0.05) is 30.8 Å². The van der Waals surface area contributed by atoms with E-state index in [2.05, 4.69) is 23.4 Å². The van der Waals surface area contributed by atoms with Gasteiger partial charge in [0.2, 0.25) is 0 Å². The molecule has 4 nitrogen and oxygen atoms in total. The summed E-state index contributed by atoms with van der Waals surface area (Å²) in [5.74, 6) is 0. The van der Waals surface area contributed by atoms with E-state index in [9.17, 15) is 0 Å². The predicted octanol–water partition coefficient (Wildman–Crippen LogP) is 1.89. The SMILES string of the molecule is COC1CC(n2cncc2C(C)N)C1(C)C. The Balaban J connectivity index is 2.24. The summed E-state index contributed by atoms with van der Waals surface area (Å²) < 4.78 is 7.67. The molecule has 1 heterocycles. The summed E-state index contributed by atoms with van der Waals surface area (Å²) in [5, 5.41) is 0. The second kappa shape index (κ2) is 3.86. The van der Waals surface area contributed by atoms with Crippen molar-refractivity contribution in [1.82, 2.24) is 9.55 Å². The molecule has 1 aromatic rings. The van der Waals surface area contributed by atoms with Crippen molar-refractivity contribution in [2.24, 2.45) is 11.1 Å². The standard InChI is InChI=1S/C12H21N3O/c1-8(13)9-6-14-7-15(9)10-5-11(16-4)12(10,2)3/h6-8,10-11H,5,13H2,1-4H3. The van der Waals surface area contributed by atoms with Gasteiger partial charge in [-0.15, -0.1) is 0 Å². The van der Waals surface area contributed by atoms with Gasteiger partial charge in [0.25, 0.3) is 0 Å².